The second-order valence-corrected chi connectivity index (χ2v) is 6.62. The average molecular weight is 313 g/mol. The van der Waals surface area contributed by atoms with Gasteiger partial charge >= 0.3 is 0 Å². The molecule has 6 heteroatoms. The Balaban J connectivity index is 1.70. The summed E-state index contributed by atoms with van der Waals surface area (Å²) in [4.78, 5) is 16.7. The molecule has 1 aliphatic rings. The lowest BCUT2D eigenvalue weighted by Crippen LogP contribution is -2.36. The number of amides is 1. The number of nitrogens with two attached hydrogens (primary N) is 1. The number of carbonyl (C=O) groups excluding carboxylic acids is 1. The van der Waals surface area contributed by atoms with E-state index in [9.17, 15) is 4.79 Å². The number of hydrogen-bond donors (Lipinski definition) is 3. The molecule has 122 valence electrons. The van der Waals surface area contributed by atoms with Crippen LogP contribution in [0.25, 0.3) is 11.4 Å². The zero-order valence-corrected chi connectivity index (χ0v) is 13.5. The summed E-state index contributed by atoms with van der Waals surface area (Å²) in [6.07, 6.45) is 3.02. The second kappa shape index (κ2) is 6.50. The maximum Gasteiger partial charge on any atom is 0.241 e. The molecule has 2 aromatic rings. The summed E-state index contributed by atoms with van der Waals surface area (Å²) in [7, 11) is 0. The number of hydrogen-bond acceptors (Lipinski definition) is 4. The molecule has 3 rings (SSSR count). The Hall–Kier alpha value is -2.21. The number of nitrogens with one attached hydrogen (secondary N) is 2. The SMILES string of the molecule is CC(C)C[C@H](N)C(=O)Nc1cccc(-c2n[nH]c(C3CC3)n2)c1. The van der Waals surface area contributed by atoms with Gasteiger partial charge in [-0.25, -0.2) is 4.98 Å². The Bertz CT molecular complexity index is 690. The Kier molecular flexibility index (Phi) is 4.43. The molecule has 1 atom stereocenters. The van der Waals surface area contributed by atoms with Gasteiger partial charge in [-0.3, -0.25) is 9.89 Å². The molecule has 6 nitrogen and oxygen atoms in total. The second-order valence-electron chi connectivity index (χ2n) is 6.62. The van der Waals surface area contributed by atoms with Crippen molar-refractivity contribution >= 4 is 11.6 Å². The lowest BCUT2D eigenvalue weighted by Gasteiger charge is -2.14. The first-order valence-electron chi connectivity index (χ1n) is 8.12. The van der Waals surface area contributed by atoms with E-state index in [1.54, 1.807) is 0 Å². The van der Waals surface area contributed by atoms with Gasteiger partial charge in [0.25, 0.3) is 0 Å². The molecule has 0 radical (unpaired) electrons. The minimum Gasteiger partial charge on any atom is -0.325 e. The first-order valence-corrected chi connectivity index (χ1v) is 8.12. The molecule has 0 unspecified atom stereocenters. The lowest BCUT2D eigenvalue weighted by atomic mass is 10.0. The van der Waals surface area contributed by atoms with Crippen LogP contribution in [-0.2, 0) is 4.79 Å². The lowest BCUT2D eigenvalue weighted by molar-refractivity contribution is -0.117. The quantitative estimate of drug-likeness (QED) is 0.763. The zero-order chi connectivity index (χ0) is 16.4. The van der Waals surface area contributed by atoms with Gasteiger partial charge < -0.3 is 11.1 Å². The van der Waals surface area contributed by atoms with Crippen LogP contribution in [0.5, 0.6) is 0 Å². The number of anilines is 1. The number of benzene rings is 1. The molecule has 0 aliphatic heterocycles. The van der Waals surface area contributed by atoms with E-state index >= 15 is 0 Å². The average Bonchev–Trinajstić information content (AvgIpc) is 3.24. The summed E-state index contributed by atoms with van der Waals surface area (Å²) in [5.41, 5.74) is 7.51. The predicted octanol–water partition coefficient (Wildman–Crippen LogP) is 2.66. The van der Waals surface area contributed by atoms with E-state index in [4.69, 9.17) is 5.73 Å². The summed E-state index contributed by atoms with van der Waals surface area (Å²) >= 11 is 0. The Morgan fingerprint density at radius 2 is 2.22 bits per heavy atom. The maximum atomic E-state index is 12.1. The van der Waals surface area contributed by atoms with Gasteiger partial charge in [-0.05, 0) is 37.3 Å². The topological polar surface area (TPSA) is 96.7 Å². The highest BCUT2D eigenvalue weighted by Gasteiger charge is 2.27. The number of nitrogens with zero attached hydrogens (tertiary/aromatic N) is 2. The van der Waals surface area contributed by atoms with Crippen LogP contribution < -0.4 is 11.1 Å². The standard InChI is InChI=1S/C17H23N5O/c1-10(2)8-14(18)17(23)19-13-5-3-4-12(9-13)16-20-15(21-22-16)11-6-7-11/h3-5,9-11,14H,6-8,18H2,1-2H3,(H,19,23)(H,20,21,22)/t14-/m0/s1. The third-order valence-corrected chi connectivity index (χ3v) is 3.92. The van der Waals surface area contributed by atoms with Crippen LogP contribution in [-0.4, -0.2) is 27.1 Å². The summed E-state index contributed by atoms with van der Waals surface area (Å²) < 4.78 is 0. The van der Waals surface area contributed by atoms with Gasteiger partial charge in [-0.1, -0.05) is 26.0 Å². The molecule has 4 N–H and O–H groups in total. The van der Waals surface area contributed by atoms with Crippen molar-refractivity contribution in [2.24, 2.45) is 11.7 Å². The molecule has 0 bridgehead atoms. The molecule has 1 fully saturated rings. The molecule has 23 heavy (non-hydrogen) atoms. The van der Waals surface area contributed by atoms with Gasteiger partial charge in [0.2, 0.25) is 5.91 Å². The van der Waals surface area contributed by atoms with Gasteiger partial charge in [-0.2, -0.15) is 5.10 Å². The van der Waals surface area contributed by atoms with Gasteiger partial charge in [0.1, 0.15) is 5.82 Å². The first kappa shape index (κ1) is 15.7. The van der Waals surface area contributed by atoms with Crippen molar-refractivity contribution in [3.63, 3.8) is 0 Å². The molecule has 1 aromatic carbocycles. The third kappa shape index (κ3) is 3.96. The monoisotopic (exact) mass is 313 g/mol. The number of rotatable bonds is 6. The molecular formula is C17H23N5O. The molecule has 0 spiro atoms. The van der Waals surface area contributed by atoms with Crippen molar-refractivity contribution in [1.82, 2.24) is 15.2 Å². The summed E-state index contributed by atoms with van der Waals surface area (Å²) in [5, 5.41) is 10.1. The highest BCUT2D eigenvalue weighted by atomic mass is 16.2. The van der Waals surface area contributed by atoms with Gasteiger partial charge in [0.05, 0.1) is 6.04 Å². The Labute approximate surface area is 135 Å². The molecule has 1 heterocycles. The van der Waals surface area contributed by atoms with Crippen molar-refractivity contribution in [2.75, 3.05) is 5.32 Å². The summed E-state index contributed by atoms with van der Waals surface area (Å²) in [6.45, 7) is 4.10. The van der Waals surface area contributed by atoms with E-state index in [-0.39, 0.29) is 5.91 Å². The van der Waals surface area contributed by atoms with Crippen LogP contribution in [0.3, 0.4) is 0 Å². The number of carbonyl (C=O) groups is 1. The fraction of sp³-hybridized carbons (Fsp3) is 0.471. The highest BCUT2D eigenvalue weighted by molar-refractivity contribution is 5.95. The molecule has 0 saturated heterocycles. The number of aromatic amines is 1. The zero-order valence-electron chi connectivity index (χ0n) is 13.5. The van der Waals surface area contributed by atoms with E-state index in [0.717, 1.165) is 11.4 Å². The fourth-order valence-electron chi connectivity index (χ4n) is 2.53. The molecule has 1 aromatic heterocycles. The van der Waals surface area contributed by atoms with Crippen molar-refractivity contribution in [3.05, 3.63) is 30.1 Å². The molecule has 1 saturated carbocycles. The van der Waals surface area contributed by atoms with Crippen molar-refractivity contribution < 1.29 is 4.79 Å². The number of aromatic nitrogens is 3. The highest BCUT2D eigenvalue weighted by Crippen LogP contribution is 2.38. The van der Waals surface area contributed by atoms with Crippen LogP contribution in [0.2, 0.25) is 0 Å². The number of H-pyrrole nitrogens is 1. The van der Waals surface area contributed by atoms with Gasteiger partial charge in [-0.15, -0.1) is 0 Å². The molecule has 1 amide bonds. The van der Waals surface area contributed by atoms with Crippen LogP contribution >= 0.6 is 0 Å². The minimum absolute atomic E-state index is 0.162. The minimum atomic E-state index is -0.497. The van der Waals surface area contributed by atoms with Crippen molar-refractivity contribution in [2.45, 2.75) is 45.1 Å². The smallest absolute Gasteiger partial charge is 0.241 e. The van der Waals surface area contributed by atoms with Crippen LogP contribution in [0, 0.1) is 5.92 Å². The van der Waals surface area contributed by atoms with Crippen LogP contribution in [0.1, 0.15) is 44.9 Å². The van der Waals surface area contributed by atoms with E-state index < -0.39 is 6.04 Å². The normalized spacial score (nSPS) is 15.7. The molecule has 1 aliphatic carbocycles. The first-order chi connectivity index (χ1) is 11.0. The molecular weight excluding hydrogens is 290 g/mol. The van der Waals surface area contributed by atoms with Crippen molar-refractivity contribution in [1.29, 1.82) is 0 Å². The maximum absolute atomic E-state index is 12.1. The van der Waals surface area contributed by atoms with Crippen molar-refractivity contribution in [3.8, 4) is 11.4 Å². The predicted molar refractivity (Wildman–Crippen MR) is 89.9 cm³/mol. The summed E-state index contributed by atoms with van der Waals surface area (Å²) in [5.74, 6) is 2.37. The summed E-state index contributed by atoms with van der Waals surface area (Å²) in [6, 6.07) is 7.04. The Morgan fingerprint density at radius 3 is 2.91 bits per heavy atom. The van der Waals surface area contributed by atoms with E-state index in [1.807, 2.05) is 24.3 Å². The third-order valence-electron chi connectivity index (χ3n) is 3.92. The van der Waals surface area contributed by atoms with Gasteiger partial charge in [0, 0.05) is 17.2 Å². The van der Waals surface area contributed by atoms with E-state index in [0.29, 0.717) is 29.8 Å². The van der Waals surface area contributed by atoms with E-state index in [2.05, 4.69) is 34.3 Å². The largest absolute Gasteiger partial charge is 0.325 e. The van der Waals surface area contributed by atoms with E-state index in [1.165, 1.54) is 12.8 Å². The van der Waals surface area contributed by atoms with Crippen LogP contribution in [0.15, 0.2) is 24.3 Å². The fourth-order valence-corrected chi connectivity index (χ4v) is 2.53. The Morgan fingerprint density at radius 1 is 1.43 bits per heavy atom. The van der Waals surface area contributed by atoms with Gasteiger partial charge in [0.15, 0.2) is 5.82 Å². The van der Waals surface area contributed by atoms with Crippen LogP contribution in [0.4, 0.5) is 5.69 Å².